The number of pyridine rings is 1. The SMILES string of the molecule is CC(CO)CNc1ccc([N+](=O)[O-])nc1. The average molecular weight is 211 g/mol. The van der Waals surface area contributed by atoms with E-state index in [0.717, 1.165) is 0 Å². The van der Waals surface area contributed by atoms with Crippen LogP contribution in [-0.4, -0.2) is 28.2 Å². The lowest BCUT2D eigenvalue weighted by Crippen LogP contribution is -2.14. The first-order valence-electron chi connectivity index (χ1n) is 4.58. The predicted octanol–water partition coefficient (Wildman–Crippen LogP) is 1.03. The van der Waals surface area contributed by atoms with Crippen LogP contribution in [0.2, 0.25) is 0 Å². The Kier molecular flexibility index (Phi) is 3.99. The fourth-order valence-electron chi connectivity index (χ4n) is 0.955. The second kappa shape index (κ2) is 5.26. The van der Waals surface area contributed by atoms with Gasteiger partial charge in [0.15, 0.2) is 6.20 Å². The zero-order valence-corrected chi connectivity index (χ0v) is 8.38. The molecule has 0 radical (unpaired) electrons. The molecule has 0 amide bonds. The van der Waals surface area contributed by atoms with Gasteiger partial charge in [-0.15, -0.1) is 0 Å². The molecule has 1 rings (SSSR count). The average Bonchev–Trinajstić information content (AvgIpc) is 2.26. The van der Waals surface area contributed by atoms with Crippen LogP contribution in [0.1, 0.15) is 6.92 Å². The fraction of sp³-hybridized carbons (Fsp3) is 0.444. The van der Waals surface area contributed by atoms with Gasteiger partial charge in [0.1, 0.15) is 0 Å². The molecule has 1 aromatic rings. The van der Waals surface area contributed by atoms with Crippen molar-refractivity contribution in [1.82, 2.24) is 4.98 Å². The Morgan fingerprint density at radius 2 is 2.40 bits per heavy atom. The topological polar surface area (TPSA) is 88.3 Å². The maximum atomic E-state index is 10.3. The van der Waals surface area contributed by atoms with E-state index in [4.69, 9.17) is 5.11 Å². The highest BCUT2D eigenvalue weighted by molar-refractivity contribution is 5.43. The largest absolute Gasteiger partial charge is 0.396 e. The van der Waals surface area contributed by atoms with Gasteiger partial charge in [-0.05, 0) is 21.9 Å². The summed E-state index contributed by atoms with van der Waals surface area (Å²) in [5, 5.41) is 22.1. The highest BCUT2D eigenvalue weighted by Gasteiger charge is 2.06. The number of nitro groups is 1. The van der Waals surface area contributed by atoms with Crippen LogP contribution in [0, 0.1) is 16.0 Å². The van der Waals surface area contributed by atoms with Crippen LogP contribution in [-0.2, 0) is 0 Å². The van der Waals surface area contributed by atoms with E-state index in [0.29, 0.717) is 12.2 Å². The summed E-state index contributed by atoms with van der Waals surface area (Å²) in [5.74, 6) is -0.0315. The minimum atomic E-state index is -0.542. The van der Waals surface area contributed by atoms with Crippen LogP contribution in [0.5, 0.6) is 0 Å². The number of aliphatic hydroxyl groups excluding tert-OH is 1. The Labute approximate surface area is 87.1 Å². The maximum Gasteiger partial charge on any atom is 0.363 e. The second-order valence-corrected chi connectivity index (χ2v) is 3.33. The Balaban J connectivity index is 2.53. The Morgan fingerprint density at radius 1 is 1.67 bits per heavy atom. The van der Waals surface area contributed by atoms with E-state index in [-0.39, 0.29) is 18.3 Å². The molecule has 1 unspecified atom stereocenters. The molecule has 0 saturated heterocycles. The molecule has 1 heterocycles. The number of nitrogens with zero attached hydrogens (tertiary/aromatic N) is 2. The molecule has 6 nitrogen and oxygen atoms in total. The first-order chi connectivity index (χ1) is 7.13. The molecule has 0 bridgehead atoms. The first-order valence-corrected chi connectivity index (χ1v) is 4.58. The second-order valence-electron chi connectivity index (χ2n) is 3.33. The summed E-state index contributed by atoms with van der Waals surface area (Å²) >= 11 is 0. The van der Waals surface area contributed by atoms with Gasteiger partial charge in [-0.2, -0.15) is 0 Å². The Morgan fingerprint density at radius 3 is 2.87 bits per heavy atom. The molecule has 0 spiro atoms. The van der Waals surface area contributed by atoms with E-state index < -0.39 is 4.92 Å². The molecule has 2 N–H and O–H groups in total. The van der Waals surface area contributed by atoms with E-state index in [1.54, 1.807) is 6.07 Å². The van der Waals surface area contributed by atoms with E-state index in [1.165, 1.54) is 12.3 Å². The van der Waals surface area contributed by atoms with Gasteiger partial charge < -0.3 is 20.5 Å². The van der Waals surface area contributed by atoms with Crippen LogP contribution in [0.3, 0.4) is 0 Å². The van der Waals surface area contributed by atoms with Gasteiger partial charge in [-0.25, -0.2) is 0 Å². The molecule has 6 heteroatoms. The molecule has 1 aromatic heterocycles. The van der Waals surface area contributed by atoms with Gasteiger partial charge in [-0.1, -0.05) is 6.92 Å². The molecule has 0 fully saturated rings. The molecule has 1 atom stereocenters. The molecule has 0 aliphatic rings. The van der Waals surface area contributed by atoms with Crippen molar-refractivity contribution in [2.24, 2.45) is 5.92 Å². The van der Waals surface area contributed by atoms with Crippen LogP contribution in [0.25, 0.3) is 0 Å². The van der Waals surface area contributed by atoms with Gasteiger partial charge in [-0.3, -0.25) is 0 Å². The lowest BCUT2D eigenvalue weighted by molar-refractivity contribution is -0.389. The van der Waals surface area contributed by atoms with Crippen LogP contribution < -0.4 is 5.32 Å². The minimum Gasteiger partial charge on any atom is -0.396 e. The summed E-state index contributed by atoms with van der Waals surface area (Å²) in [6, 6.07) is 2.93. The lowest BCUT2D eigenvalue weighted by atomic mass is 10.2. The number of nitrogens with one attached hydrogen (secondary N) is 1. The summed E-state index contributed by atoms with van der Waals surface area (Å²) < 4.78 is 0. The highest BCUT2D eigenvalue weighted by atomic mass is 16.6. The van der Waals surface area contributed by atoms with E-state index in [9.17, 15) is 10.1 Å². The zero-order valence-electron chi connectivity index (χ0n) is 8.38. The number of rotatable bonds is 5. The van der Waals surface area contributed by atoms with Crippen LogP contribution in [0.15, 0.2) is 18.3 Å². The van der Waals surface area contributed by atoms with Gasteiger partial charge in [0.25, 0.3) is 0 Å². The smallest absolute Gasteiger partial charge is 0.363 e. The maximum absolute atomic E-state index is 10.3. The van der Waals surface area contributed by atoms with Crippen molar-refractivity contribution in [2.45, 2.75) is 6.92 Å². The lowest BCUT2D eigenvalue weighted by Gasteiger charge is -2.09. The molecule has 0 saturated carbocycles. The summed E-state index contributed by atoms with van der Waals surface area (Å²) in [7, 11) is 0. The van der Waals surface area contributed by atoms with Gasteiger partial charge >= 0.3 is 5.82 Å². The molecule has 0 aliphatic heterocycles. The number of anilines is 1. The summed E-state index contributed by atoms with van der Waals surface area (Å²) in [5.41, 5.74) is 0.709. The van der Waals surface area contributed by atoms with Crippen molar-refractivity contribution >= 4 is 11.5 Å². The first kappa shape index (κ1) is 11.4. The Bertz CT molecular complexity index is 326. The number of hydrogen-bond acceptors (Lipinski definition) is 5. The molecular formula is C9H13N3O3. The highest BCUT2D eigenvalue weighted by Crippen LogP contribution is 2.11. The van der Waals surface area contributed by atoms with Crippen LogP contribution >= 0.6 is 0 Å². The quantitative estimate of drug-likeness (QED) is 0.561. The van der Waals surface area contributed by atoms with Crippen molar-refractivity contribution in [3.63, 3.8) is 0 Å². The third-order valence-corrected chi connectivity index (χ3v) is 1.90. The van der Waals surface area contributed by atoms with Crippen LogP contribution in [0.4, 0.5) is 11.5 Å². The van der Waals surface area contributed by atoms with E-state index >= 15 is 0 Å². The number of aliphatic hydroxyl groups is 1. The standard InChI is InChI=1S/C9H13N3O3/c1-7(6-13)4-10-8-2-3-9(11-5-8)12(14)15/h2-3,5,7,10,13H,4,6H2,1H3. The number of hydrogen-bond donors (Lipinski definition) is 2. The molecule has 0 aliphatic carbocycles. The van der Waals surface area contributed by atoms with Gasteiger partial charge in [0, 0.05) is 19.2 Å². The monoisotopic (exact) mass is 211 g/mol. The van der Waals surface area contributed by atoms with Crippen molar-refractivity contribution in [3.05, 3.63) is 28.4 Å². The summed E-state index contributed by atoms with van der Waals surface area (Å²) in [6.45, 7) is 2.61. The molecule has 15 heavy (non-hydrogen) atoms. The molecule has 0 aromatic carbocycles. The fourth-order valence-corrected chi connectivity index (χ4v) is 0.955. The van der Waals surface area contributed by atoms with E-state index in [1.807, 2.05) is 6.92 Å². The van der Waals surface area contributed by atoms with Crippen molar-refractivity contribution in [1.29, 1.82) is 0 Å². The molecule has 82 valence electrons. The Hall–Kier alpha value is -1.69. The third kappa shape index (κ3) is 3.51. The van der Waals surface area contributed by atoms with Crippen molar-refractivity contribution in [3.8, 4) is 0 Å². The summed E-state index contributed by atoms with van der Waals surface area (Å²) in [4.78, 5) is 13.4. The predicted molar refractivity (Wildman–Crippen MR) is 55.6 cm³/mol. The van der Waals surface area contributed by atoms with E-state index in [2.05, 4.69) is 10.3 Å². The number of aromatic nitrogens is 1. The van der Waals surface area contributed by atoms with Gasteiger partial charge in [0.05, 0.1) is 5.69 Å². The van der Waals surface area contributed by atoms with Gasteiger partial charge in [0.2, 0.25) is 0 Å². The third-order valence-electron chi connectivity index (χ3n) is 1.90. The minimum absolute atomic E-state index is 0.105. The van der Waals surface area contributed by atoms with Crippen molar-refractivity contribution < 1.29 is 10.0 Å². The normalized spacial score (nSPS) is 12.1. The van der Waals surface area contributed by atoms with Crippen molar-refractivity contribution in [2.75, 3.05) is 18.5 Å². The molecular weight excluding hydrogens is 198 g/mol. The summed E-state index contributed by atoms with van der Waals surface area (Å²) in [6.07, 6.45) is 1.40. The zero-order chi connectivity index (χ0) is 11.3.